The lowest BCUT2D eigenvalue weighted by Crippen LogP contribution is -2.44. The predicted molar refractivity (Wildman–Crippen MR) is 137 cm³/mol. The van der Waals surface area contributed by atoms with Crippen molar-refractivity contribution in [2.24, 2.45) is 17.1 Å². The lowest BCUT2D eigenvalue weighted by molar-refractivity contribution is -0.121. The monoisotopic (exact) mass is 491 g/mol. The van der Waals surface area contributed by atoms with Crippen molar-refractivity contribution < 1.29 is 14.3 Å². The fourth-order valence-electron chi connectivity index (χ4n) is 5.79. The molecule has 3 heterocycles. The number of benzene rings is 1. The number of nitrogens with zero attached hydrogens (tertiary/aromatic N) is 4. The zero-order valence-corrected chi connectivity index (χ0v) is 21.2. The molecule has 0 unspecified atom stereocenters. The van der Waals surface area contributed by atoms with Gasteiger partial charge in [-0.1, -0.05) is 25.5 Å². The van der Waals surface area contributed by atoms with Crippen molar-refractivity contribution >= 4 is 11.8 Å². The first kappa shape index (κ1) is 24.7. The number of hydrogen-bond donors (Lipinski definition) is 1. The van der Waals surface area contributed by atoms with Gasteiger partial charge in [0.1, 0.15) is 6.04 Å². The van der Waals surface area contributed by atoms with Gasteiger partial charge in [-0.05, 0) is 75.1 Å². The molecule has 1 aliphatic carbocycles. The highest BCUT2D eigenvalue weighted by molar-refractivity contribution is 5.98. The van der Waals surface area contributed by atoms with Crippen LogP contribution in [0.25, 0.3) is 11.3 Å². The van der Waals surface area contributed by atoms with Crippen LogP contribution >= 0.6 is 0 Å². The summed E-state index contributed by atoms with van der Waals surface area (Å²) in [5.41, 5.74) is 8.13. The molecular weight excluding hydrogens is 454 g/mol. The third kappa shape index (κ3) is 5.53. The molecule has 2 N–H and O–H groups in total. The molecule has 1 atom stereocenters. The van der Waals surface area contributed by atoms with Crippen LogP contribution in [-0.2, 0) is 4.79 Å². The van der Waals surface area contributed by atoms with Crippen LogP contribution in [0.4, 0.5) is 0 Å². The molecule has 1 aromatic heterocycles. The van der Waals surface area contributed by atoms with Gasteiger partial charge >= 0.3 is 0 Å². The molecule has 0 spiro atoms. The lowest BCUT2D eigenvalue weighted by atomic mass is 9.70. The van der Waals surface area contributed by atoms with Gasteiger partial charge in [-0.3, -0.25) is 9.59 Å². The van der Waals surface area contributed by atoms with E-state index in [0.717, 1.165) is 30.8 Å². The molecule has 1 saturated carbocycles. The van der Waals surface area contributed by atoms with Crippen molar-refractivity contribution in [2.75, 3.05) is 32.8 Å². The van der Waals surface area contributed by atoms with Crippen molar-refractivity contribution in [3.8, 4) is 17.1 Å². The number of amides is 2. The fourth-order valence-corrected chi connectivity index (χ4v) is 5.79. The Kier molecular flexibility index (Phi) is 7.23. The van der Waals surface area contributed by atoms with E-state index in [4.69, 9.17) is 10.5 Å². The molecule has 3 aliphatic rings. The van der Waals surface area contributed by atoms with Gasteiger partial charge in [0.15, 0.2) is 0 Å². The Labute approximate surface area is 213 Å². The second-order valence-corrected chi connectivity index (χ2v) is 11.1. The zero-order valence-electron chi connectivity index (χ0n) is 21.2. The molecule has 3 fully saturated rings. The smallest absolute Gasteiger partial charge is 0.254 e. The average Bonchev–Trinajstić information content (AvgIpc) is 3.38. The molecule has 8 heteroatoms. The largest absolute Gasteiger partial charge is 0.476 e. The lowest BCUT2D eigenvalue weighted by Gasteiger charge is -2.44. The van der Waals surface area contributed by atoms with Crippen molar-refractivity contribution in [3.05, 3.63) is 42.2 Å². The van der Waals surface area contributed by atoms with E-state index >= 15 is 0 Å². The van der Waals surface area contributed by atoms with Crippen LogP contribution in [0, 0.1) is 11.3 Å². The second kappa shape index (κ2) is 10.5. The van der Waals surface area contributed by atoms with E-state index in [1.165, 1.54) is 38.6 Å². The number of likely N-dealkylation sites (tertiary alicyclic amines) is 2. The van der Waals surface area contributed by atoms with E-state index in [9.17, 15) is 9.59 Å². The Hall–Kier alpha value is -3.00. The Morgan fingerprint density at radius 3 is 2.39 bits per heavy atom. The van der Waals surface area contributed by atoms with Gasteiger partial charge in [0.25, 0.3) is 5.91 Å². The molecule has 5 rings (SSSR count). The topological polar surface area (TPSA) is 102 Å². The van der Waals surface area contributed by atoms with Crippen LogP contribution < -0.4 is 10.5 Å². The molecule has 8 nitrogen and oxygen atoms in total. The number of nitrogens with two attached hydrogens (primary N) is 1. The summed E-state index contributed by atoms with van der Waals surface area (Å²) in [4.78, 5) is 37.6. The minimum atomic E-state index is -0.515. The van der Waals surface area contributed by atoms with Crippen molar-refractivity contribution in [2.45, 2.75) is 57.9 Å². The van der Waals surface area contributed by atoms with E-state index in [1.54, 1.807) is 29.4 Å². The van der Waals surface area contributed by atoms with Crippen molar-refractivity contribution in [3.63, 3.8) is 0 Å². The molecule has 2 aliphatic heterocycles. The number of aromatic nitrogens is 2. The van der Waals surface area contributed by atoms with Crippen LogP contribution in [0.15, 0.2) is 36.7 Å². The molecule has 0 bridgehead atoms. The summed E-state index contributed by atoms with van der Waals surface area (Å²) in [6, 6.07) is 6.71. The Balaban J connectivity index is 1.10. The van der Waals surface area contributed by atoms with Crippen molar-refractivity contribution in [1.29, 1.82) is 0 Å². The first-order valence-corrected chi connectivity index (χ1v) is 13.3. The molecule has 1 aromatic carbocycles. The summed E-state index contributed by atoms with van der Waals surface area (Å²) in [7, 11) is 0. The molecule has 2 aromatic rings. The van der Waals surface area contributed by atoms with Crippen LogP contribution in [0.2, 0.25) is 0 Å². The van der Waals surface area contributed by atoms with E-state index in [0.29, 0.717) is 42.3 Å². The number of piperidine rings is 1. The highest BCUT2D eigenvalue weighted by atomic mass is 16.5. The maximum atomic E-state index is 12.8. The number of carbonyl (C=O) groups excluding carboxylic acids is 2. The van der Waals surface area contributed by atoms with Gasteiger partial charge < -0.3 is 20.3 Å². The first-order chi connectivity index (χ1) is 17.4. The number of rotatable bonds is 8. The molecule has 192 valence electrons. The summed E-state index contributed by atoms with van der Waals surface area (Å²) < 4.78 is 5.96. The average molecular weight is 492 g/mol. The maximum Gasteiger partial charge on any atom is 0.254 e. The van der Waals surface area contributed by atoms with E-state index in [-0.39, 0.29) is 5.91 Å². The van der Waals surface area contributed by atoms with E-state index in [1.807, 2.05) is 12.1 Å². The quantitative estimate of drug-likeness (QED) is 0.606. The molecule has 0 radical (unpaired) electrons. The SMILES string of the molecule is CC1(CN2CCC(COc3cnc(-c4ccc(C(=O)N5CCC[C@H]5C(N)=O)cc4)cn3)CC2)CCC1. The van der Waals surface area contributed by atoms with Crippen molar-refractivity contribution in [1.82, 2.24) is 19.8 Å². The van der Waals surface area contributed by atoms with Crippen LogP contribution in [0.5, 0.6) is 5.88 Å². The van der Waals surface area contributed by atoms with E-state index in [2.05, 4.69) is 21.8 Å². The third-order valence-electron chi connectivity index (χ3n) is 8.24. The Morgan fingerprint density at radius 1 is 1.03 bits per heavy atom. The summed E-state index contributed by atoms with van der Waals surface area (Å²) >= 11 is 0. The van der Waals surface area contributed by atoms with Gasteiger partial charge in [-0.2, -0.15) is 0 Å². The molecular formula is C28H37N5O3. The standard InChI is InChI=1S/C28H37N5O3/c1-28(11-3-12-28)19-32-14-9-20(10-15-32)18-36-25-17-30-23(16-31-25)21-5-7-22(8-6-21)27(35)33-13-2-4-24(33)26(29)34/h5-8,16-17,20,24H,2-4,9-15,18-19H2,1H3,(H2,29,34)/t24-/m0/s1. The van der Waals surface area contributed by atoms with E-state index < -0.39 is 11.9 Å². The molecule has 36 heavy (non-hydrogen) atoms. The maximum absolute atomic E-state index is 12.8. The summed E-state index contributed by atoms with van der Waals surface area (Å²) in [5.74, 6) is 0.493. The summed E-state index contributed by atoms with van der Waals surface area (Å²) in [6.45, 7) is 7.23. The van der Waals surface area contributed by atoms with Gasteiger partial charge in [0, 0.05) is 24.2 Å². The normalized spacial score (nSPS) is 22.2. The fraction of sp³-hybridized carbons (Fsp3) is 0.571. The van der Waals surface area contributed by atoms with Crippen LogP contribution in [-0.4, -0.2) is 70.4 Å². The summed E-state index contributed by atoms with van der Waals surface area (Å²) in [5, 5.41) is 0. The summed E-state index contributed by atoms with van der Waals surface area (Å²) in [6.07, 6.45) is 11.3. The first-order valence-electron chi connectivity index (χ1n) is 13.3. The number of primary amides is 1. The third-order valence-corrected chi connectivity index (χ3v) is 8.24. The van der Waals surface area contributed by atoms with Gasteiger partial charge in [-0.15, -0.1) is 0 Å². The van der Waals surface area contributed by atoms with Gasteiger partial charge in [0.05, 0.1) is 24.7 Å². The number of hydrogen-bond acceptors (Lipinski definition) is 6. The minimum absolute atomic E-state index is 0.166. The predicted octanol–water partition coefficient (Wildman–Crippen LogP) is 3.51. The molecule has 2 saturated heterocycles. The number of carbonyl (C=O) groups is 2. The van der Waals surface area contributed by atoms with Gasteiger partial charge in [-0.25, -0.2) is 9.97 Å². The van der Waals surface area contributed by atoms with Crippen LogP contribution in [0.1, 0.15) is 62.2 Å². The highest BCUT2D eigenvalue weighted by Gasteiger charge is 2.35. The highest BCUT2D eigenvalue weighted by Crippen LogP contribution is 2.41. The Bertz CT molecular complexity index is 1060. The second-order valence-electron chi connectivity index (χ2n) is 11.1. The number of ether oxygens (including phenoxy) is 1. The van der Waals surface area contributed by atoms with Crippen LogP contribution in [0.3, 0.4) is 0 Å². The Morgan fingerprint density at radius 2 is 1.78 bits per heavy atom. The zero-order chi connectivity index (χ0) is 25.1. The molecule has 2 amide bonds. The minimum Gasteiger partial charge on any atom is -0.476 e. The van der Waals surface area contributed by atoms with Gasteiger partial charge in [0.2, 0.25) is 11.8 Å².